The van der Waals surface area contributed by atoms with Crippen molar-refractivity contribution >= 4 is 47.4 Å². The summed E-state index contributed by atoms with van der Waals surface area (Å²) in [5.41, 5.74) is 1.59. The molecule has 0 radical (unpaired) electrons. The Kier molecular flexibility index (Phi) is 10.7. The van der Waals surface area contributed by atoms with Crippen LogP contribution in [0, 0.1) is 0 Å². The molecule has 0 saturated carbocycles. The summed E-state index contributed by atoms with van der Waals surface area (Å²) in [5, 5.41) is 6.83. The second kappa shape index (κ2) is 12.5. The molecule has 0 bridgehead atoms. The maximum atomic E-state index is 12.2. The first-order chi connectivity index (χ1) is 13.0. The molecular weight excluding hydrogens is 491 g/mol. The van der Waals surface area contributed by atoms with E-state index >= 15 is 0 Å². The maximum Gasteiger partial charge on any atom is 0.251 e. The van der Waals surface area contributed by atoms with Gasteiger partial charge in [-0.3, -0.25) is 9.79 Å². The van der Waals surface area contributed by atoms with Crippen LogP contribution in [-0.4, -0.2) is 51.1 Å². The Hall–Kier alpha value is -2.00. The van der Waals surface area contributed by atoms with Gasteiger partial charge in [0.2, 0.25) is 0 Å². The van der Waals surface area contributed by atoms with Gasteiger partial charge >= 0.3 is 0 Å². The van der Waals surface area contributed by atoms with E-state index < -0.39 is 0 Å². The van der Waals surface area contributed by atoms with Crippen molar-refractivity contribution in [1.29, 1.82) is 0 Å². The smallest absolute Gasteiger partial charge is 0.251 e. The van der Waals surface area contributed by atoms with Crippen LogP contribution in [0.4, 0.5) is 0 Å². The van der Waals surface area contributed by atoms with Crippen LogP contribution >= 0.6 is 35.6 Å². The highest BCUT2D eigenvalue weighted by atomic mass is 127. The van der Waals surface area contributed by atoms with E-state index in [1.165, 1.54) is 0 Å². The summed E-state index contributed by atoms with van der Waals surface area (Å²) < 4.78 is 5.14. The van der Waals surface area contributed by atoms with E-state index in [2.05, 4.69) is 15.6 Å². The fraction of sp³-hybridized carbons (Fsp3) is 0.300. The Morgan fingerprint density at radius 1 is 1.14 bits per heavy atom. The molecule has 152 valence electrons. The first kappa shape index (κ1) is 24.0. The normalized spacial score (nSPS) is 10.6. The molecule has 2 aromatic rings. The SMILES string of the molecule is CN=C(NCCNC(=O)c1cccc(OC)c1)N(C)Cc1ccccc1Cl.I. The van der Waals surface area contributed by atoms with Crippen LogP contribution in [0.2, 0.25) is 5.02 Å². The van der Waals surface area contributed by atoms with Crippen molar-refractivity contribution in [3.63, 3.8) is 0 Å². The van der Waals surface area contributed by atoms with Gasteiger partial charge < -0.3 is 20.3 Å². The number of methoxy groups -OCH3 is 1. The number of carbonyl (C=O) groups is 1. The second-order valence-corrected chi connectivity index (χ2v) is 6.32. The zero-order chi connectivity index (χ0) is 19.6. The zero-order valence-corrected chi connectivity index (χ0v) is 19.3. The highest BCUT2D eigenvalue weighted by Gasteiger charge is 2.09. The number of benzene rings is 2. The van der Waals surface area contributed by atoms with Gasteiger partial charge in [0.25, 0.3) is 5.91 Å². The summed E-state index contributed by atoms with van der Waals surface area (Å²) in [7, 11) is 5.24. The van der Waals surface area contributed by atoms with Gasteiger partial charge in [-0.15, -0.1) is 24.0 Å². The van der Waals surface area contributed by atoms with E-state index in [0.717, 1.165) is 16.5 Å². The third-order valence-corrected chi connectivity index (χ3v) is 4.33. The van der Waals surface area contributed by atoms with Gasteiger partial charge in [0.15, 0.2) is 5.96 Å². The lowest BCUT2D eigenvalue weighted by atomic mass is 10.2. The van der Waals surface area contributed by atoms with Crippen molar-refractivity contribution in [2.75, 3.05) is 34.3 Å². The Balaban J connectivity index is 0.00000392. The van der Waals surface area contributed by atoms with Gasteiger partial charge in [-0.05, 0) is 29.8 Å². The number of nitrogens with one attached hydrogen (secondary N) is 2. The predicted molar refractivity (Wildman–Crippen MR) is 125 cm³/mol. The van der Waals surface area contributed by atoms with Gasteiger partial charge in [-0.25, -0.2) is 0 Å². The first-order valence-electron chi connectivity index (χ1n) is 8.62. The van der Waals surface area contributed by atoms with Crippen LogP contribution in [0.15, 0.2) is 53.5 Å². The maximum absolute atomic E-state index is 12.2. The summed E-state index contributed by atoms with van der Waals surface area (Å²) in [6.45, 7) is 1.65. The molecule has 8 heteroatoms. The summed E-state index contributed by atoms with van der Waals surface area (Å²) in [5.74, 6) is 1.24. The van der Waals surface area contributed by atoms with Crippen LogP contribution in [0.5, 0.6) is 5.75 Å². The Morgan fingerprint density at radius 3 is 2.54 bits per heavy atom. The minimum atomic E-state index is -0.143. The summed E-state index contributed by atoms with van der Waals surface area (Å²) in [4.78, 5) is 18.4. The number of hydrogen-bond donors (Lipinski definition) is 2. The van der Waals surface area contributed by atoms with E-state index in [-0.39, 0.29) is 29.9 Å². The van der Waals surface area contributed by atoms with E-state index in [1.54, 1.807) is 38.4 Å². The number of halogens is 2. The molecule has 0 aliphatic rings. The van der Waals surface area contributed by atoms with Crippen LogP contribution in [0.3, 0.4) is 0 Å². The predicted octanol–water partition coefficient (Wildman–Crippen LogP) is 3.40. The van der Waals surface area contributed by atoms with E-state index in [4.69, 9.17) is 16.3 Å². The standard InChI is InChI=1S/C20H25ClN4O2.HI/c1-22-20(25(2)14-16-7-4-5-10-18(16)21)24-12-11-23-19(26)15-8-6-9-17(13-15)27-3;/h4-10,13H,11-12,14H2,1-3H3,(H,22,24)(H,23,26);1H. The average molecular weight is 517 g/mol. The highest BCUT2D eigenvalue weighted by Crippen LogP contribution is 2.16. The molecule has 1 amide bonds. The molecule has 2 N–H and O–H groups in total. The Labute approximate surface area is 188 Å². The lowest BCUT2D eigenvalue weighted by molar-refractivity contribution is 0.0954. The Morgan fingerprint density at radius 2 is 1.86 bits per heavy atom. The molecule has 0 aliphatic heterocycles. The number of aliphatic imine (C=N–C) groups is 1. The van der Waals surface area contributed by atoms with E-state index in [0.29, 0.717) is 30.9 Å². The zero-order valence-electron chi connectivity index (χ0n) is 16.2. The van der Waals surface area contributed by atoms with Crippen molar-refractivity contribution in [2.45, 2.75) is 6.54 Å². The van der Waals surface area contributed by atoms with E-state index in [9.17, 15) is 4.79 Å². The number of amides is 1. The molecular formula is C20H26ClIN4O2. The summed E-state index contributed by atoms with van der Waals surface area (Å²) in [6, 6.07) is 14.8. The minimum Gasteiger partial charge on any atom is -0.497 e. The van der Waals surface area contributed by atoms with Gasteiger partial charge in [0, 0.05) is 44.3 Å². The number of rotatable bonds is 7. The summed E-state index contributed by atoms with van der Waals surface area (Å²) in [6.07, 6.45) is 0. The molecule has 28 heavy (non-hydrogen) atoms. The number of nitrogens with zero attached hydrogens (tertiary/aromatic N) is 2. The average Bonchev–Trinajstić information content (AvgIpc) is 2.69. The minimum absolute atomic E-state index is 0. The number of ether oxygens (including phenoxy) is 1. The van der Waals surface area contributed by atoms with Crippen LogP contribution in [0.1, 0.15) is 15.9 Å². The molecule has 0 aromatic heterocycles. The third kappa shape index (κ3) is 7.20. The fourth-order valence-corrected chi connectivity index (χ4v) is 2.75. The van der Waals surface area contributed by atoms with Gasteiger partial charge in [0.05, 0.1) is 7.11 Å². The lowest BCUT2D eigenvalue weighted by Gasteiger charge is -2.22. The first-order valence-corrected chi connectivity index (χ1v) is 9.00. The topological polar surface area (TPSA) is 66.0 Å². The lowest BCUT2D eigenvalue weighted by Crippen LogP contribution is -2.42. The molecule has 0 heterocycles. The quantitative estimate of drug-likeness (QED) is 0.256. The van der Waals surface area contributed by atoms with Crippen molar-refractivity contribution in [3.8, 4) is 5.75 Å². The highest BCUT2D eigenvalue weighted by molar-refractivity contribution is 14.0. The largest absolute Gasteiger partial charge is 0.497 e. The monoisotopic (exact) mass is 516 g/mol. The molecule has 0 spiro atoms. The Bertz CT molecular complexity index is 801. The van der Waals surface area contributed by atoms with Gasteiger partial charge in [-0.2, -0.15) is 0 Å². The summed E-state index contributed by atoms with van der Waals surface area (Å²) >= 11 is 6.21. The molecule has 2 aromatic carbocycles. The fourth-order valence-electron chi connectivity index (χ4n) is 2.56. The van der Waals surface area contributed by atoms with Crippen LogP contribution in [-0.2, 0) is 6.54 Å². The molecule has 0 aliphatic carbocycles. The van der Waals surface area contributed by atoms with E-state index in [1.807, 2.05) is 36.2 Å². The molecule has 0 fully saturated rings. The van der Waals surface area contributed by atoms with Gasteiger partial charge in [-0.1, -0.05) is 35.9 Å². The van der Waals surface area contributed by atoms with Crippen molar-refractivity contribution < 1.29 is 9.53 Å². The molecule has 2 rings (SSSR count). The van der Waals surface area contributed by atoms with Gasteiger partial charge in [0.1, 0.15) is 5.75 Å². The van der Waals surface area contributed by atoms with Crippen LogP contribution < -0.4 is 15.4 Å². The van der Waals surface area contributed by atoms with Crippen LogP contribution in [0.25, 0.3) is 0 Å². The number of hydrogen-bond acceptors (Lipinski definition) is 3. The number of carbonyl (C=O) groups excluding carboxylic acids is 1. The molecule has 0 atom stereocenters. The third-order valence-electron chi connectivity index (χ3n) is 3.96. The van der Waals surface area contributed by atoms with Crippen molar-refractivity contribution in [2.24, 2.45) is 4.99 Å². The molecule has 0 saturated heterocycles. The molecule has 6 nitrogen and oxygen atoms in total. The van der Waals surface area contributed by atoms with Crippen molar-refractivity contribution in [1.82, 2.24) is 15.5 Å². The second-order valence-electron chi connectivity index (χ2n) is 5.91. The van der Waals surface area contributed by atoms with Crippen molar-refractivity contribution in [3.05, 3.63) is 64.7 Å². The molecule has 0 unspecified atom stereocenters. The number of guanidine groups is 1.